The third kappa shape index (κ3) is 4.25. The van der Waals surface area contributed by atoms with Gasteiger partial charge in [0.2, 0.25) is 0 Å². The Morgan fingerprint density at radius 3 is 2.61 bits per heavy atom. The van der Waals surface area contributed by atoms with Gasteiger partial charge < -0.3 is 5.32 Å². The van der Waals surface area contributed by atoms with Crippen molar-refractivity contribution in [3.63, 3.8) is 0 Å². The summed E-state index contributed by atoms with van der Waals surface area (Å²) in [7, 11) is 0. The van der Waals surface area contributed by atoms with Gasteiger partial charge in [-0.3, -0.25) is 4.90 Å². The molecule has 0 aromatic heterocycles. The van der Waals surface area contributed by atoms with Crippen LogP contribution in [0.3, 0.4) is 0 Å². The second-order valence-electron chi connectivity index (χ2n) is 6.10. The van der Waals surface area contributed by atoms with Crippen molar-refractivity contribution in [1.29, 1.82) is 0 Å². The summed E-state index contributed by atoms with van der Waals surface area (Å²) in [6.07, 6.45) is 1.24. The fraction of sp³-hybridized carbons (Fsp3) is 0.867. The minimum Gasteiger partial charge on any atom is -0.311 e. The van der Waals surface area contributed by atoms with E-state index in [9.17, 15) is 0 Å². The van der Waals surface area contributed by atoms with E-state index in [2.05, 4.69) is 44.8 Å². The van der Waals surface area contributed by atoms with Crippen LogP contribution in [-0.2, 0) is 0 Å². The molecule has 1 fully saturated rings. The molecule has 2 nitrogen and oxygen atoms in total. The lowest BCUT2D eigenvalue weighted by molar-refractivity contribution is 0.0910. The summed E-state index contributed by atoms with van der Waals surface area (Å²) in [6.45, 7) is 14.6. The second kappa shape index (κ2) is 7.52. The summed E-state index contributed by atoms with van der Waals surface area (Å²) in [5.41, 5.74) is 2.98. The Bertz CT molecular complexity index is 276. The summed E-state index contributed by atoms with van der Waals surface area (Å²) < 4.78 is 0. The van der Waals surface area contributed by atoms with E-state index in [-0.39, 0.29) is 0 Å². The summed E-state index contributed by atoms with van der Waals surface area (Å²) >= 11 is 5.82. The van der Waals surface area contributed by atoms with Crippen LogP contribution in [0.25, 0.3) is 0 Å². The maximum absolute atomic E-state index is 5.82. The normalized spacial score (nSPS) is 28.7. The van der Waals surface area contributed by atoms with Gasteiger partial charge in [0.1, 0.15) is 0 Å². The van der Waals surface area contributed by atoms with Gasteiger partial charge in [0, 0.05) is 37.3 Å². The fourth-order valence-electron chi connectivity index (χ4n) is 2.71. The van der Waals surface area contributed by atoms with E-state index in [0.717, 1.165) is 25.6 Å². The number of hydrogen-bond acceptors (Lipinski definition) is 2. The SMILES string of the molecule is CCC(C)C1CN(CC(C)=CCl)C(C(C)C)CN1. The summed E-state index contributed by atoms with van der Waals surface area (Å²) in [5.74, 6) is 1.42. The van der Waals surface area contributed by atoms with Gasteiger partial charge in [0.25, 0.3) is 0 Å². The van der Waals surface area contributed by atoms with Gasteiger partial charge in [-0.1, -0.05) is 45.7 Å². The summed E-state index contributed by atoms with van der Waals surface area (Å²) in [6, 6.07) is 1.24. The molecule has 0 saturated carbocycles. The van der Waals surface area contributed by atoms with Crippen LogP contribution in [0.15, 0.2) is 11.1 Å². The third-order valence-corrected chi connectivity index (χ3v) is 4.60. The maximum Gasteiger partial charge on any atom is 0.0247 e. The Morgan fingerprint density at radius 1 is 1.44 bits per heavy atom. The van der Waals surface area contributed by atoms with Gasteiger partial charge in [-0.05, 0) is 24.3 Å². The Labute approximate surface area is 118 Å². The van der Waals surface area contributed by atoms with Gasteiger partial charge in [0.15, 0.2) is 0 Å². The Morgan fingerprint density at radius 2 is 2.11 bits per heavy atom. The largest absolute Gasteiger partial charge is 0.311 e. The van der Waals surface area contributed by atoms with Crippen molar-refractivity contribution in [3.05, 3.63) is 11.1 Å². The molecule has 3 atom stereocenters. The van der Waals surface area contributed by atoms with Crippen LogP contribution in [0.5, 0.6) is 0 Å². The molecular weight excluding hydrogens is 244 g/mol. The molecule has 0 spiro atoms. The molecule has 1 heterocycles. The predicted octanol–water partition coefficient (Wildman–Crippen LogP) is 3.47. The lowest BCUT2D eigenvalue weighted by Crippen LogP contribution is -2.60. The van der Waals surface area contributed by atoms with Crippen molar-refractivity contribution in [2.45, 2.75) is 53.1 Å². The molecule has 18 heavy (non-hydrogen) atoms. The van der Waals surface area contributed by atoms with Crippen LogP contribution in [0.2, 0.25) is 0 Å². The molecule has 0 aromatic carbocycles. The van der Waals surface area contributed by atoms with Crippen LogP contribution in [-0.4, -0.2) is 36.6 Å². The van der Waals surface area contributed by atoms with Crippen molar-refractivity contribution in [3.8, 4) is 0 Å². The molecule has 106 valence electrons. The van der Waals surface area contributed by atoms with Crippen molar-refractivity contribution in [2.75, 3.05) is 19.6 Å². The van der Waals surface area contributed by atoms with E-state index in [0.29, 0.717) is 18.0 Å². The highest BCUT2D eigenvalue weighted by Crippen LogP contribution is 2.20. The molecule has 0 bridgehead atoms. The van der Waals surface area contributed by atoms with E-state index in [1.165, 1.54) is 12.0 Å². The molecule has 3 heteroatoms. The highest BCUT2D eigenvalue weighted by Gasteiger charge is 2.31. The van der Waals surface area contributed by atoms with E-state index in [1.807, 2.05) is 0 Å². The van der Waals surface area contributed by atoms with Gasteiger partial charge >= 0.3 is 0 Å². The zero-order chi connectivity index (χ0) is 13.7. The molecule has 0 amide bonds. The lowest BCUT2D eigenvalue weighted by atomic mass is 9.92. The molecule has 0 aromatic rings. The number of nitrogens with zero attached hydrogens (tertiary/aromatic N) is 1. The van der Waals surface area contributed by atoms with Gasteiger partial charge in [-0.25, -0.2) is 0 Å². The van der Waals surface area contributed by atoms with E-state index >= 15 is 0 Å². The number of piperazine rings is 1. The van der Waals surface area contributed by atoms with Crippen LogP contribution in [0.4, 0.5) is 0 Å². The number of nitrogens with one attached hydrogen (secondary N) is 1. The highest BCUT2D eigenvalue weighted by molar-refractivity contribution is 6.25. The first-order valence-electron chi connectivity index (χ1n) is 7.22. The Kier molecular flexibility index (Phi) is 6.68. The van der Waals surface area contributed by atoms with Gasteiger partial charge in [-0.2, -0.15) is 0 Å². The topological polar surface area (TPSA) is 15.3 Å². The molecule has 0 aliphatic carbocycles. The lowest BCUT2D eigenvalue weighted by Gasteiger charge is -2.44. The van der Waals surface area contributed by atoms with Crippen molar-refractivity contribution < 1.29 is 0 Å². The number of hydrogen-bond donors (Lipinski definition) is 1. The standard InChI is InChI=1S/C15H29ClN2/c1-6-13(5)14-10-18(9-12(4)7-16)15(8-17-14)11(2)3/h7,11,13-15,17H,6,8-10H2,1-5H3. The zero-order valence-electron chi connectivity index (χ0n) is 12.5. The van der Waals surface area contributed by atoms with E-state index in [4.69, 9.17) is 11.6 Å². The average Bonchev–Trinajstić information content (AvgIpc) is 2.37. The smallest absolute Gasteiger partial charge is 0.0247 e. The molecule has 1 rings (SSSR count). The second-order valence-corrected chi connectivity index (χ2v) is 6.31. The summed E-state index contributed by atoms with van der Waals surface area (Å²) in [4.78, 5) is 2.60. The molecule has 1 N–H and O–H groups in total. The minimum atomic E-state index is 0.619. The molecule has 3 unspecified atom stereocenters. The first-order chi connectivity index (χ1) is 8.49. The Balaban J connectivity index is 2.70. The predicted molar refractivity (Wildman–Crippen MR) is 81.1 cm³/mol. The van der Waals surface area contributed by atoms with Crippen LogP contribution in [0, 0.1) is 11.8 Å². The first kappa shape index (κ1) is 16.0. The zero-order valence-corrected chi connectivity index (χ0v) is 13.3. The number of halogens is 1. The monoisotopic (exact) mass is 272 g/mol. The summed E-state index contributed by atoms with van der Waals surface area (Å²) in [5, 5.41) is 3.73. The maximum atomic E-state index is 5.82. The van der Waals surface area contributed by atoms with Gasteiger partial charge in [-0.15, -0.1) is 0 Å². The van der Waals surface area contributed by atoms with E-state index in [1.54, 1.807) is 5.54 Å². The van der Waals surface area contributed by atoms with Crippen LogP contribution in [0.1, 0.15) is 41.0 Å². The third-order valence-electron chi connectivity index (χ3n) is 4.23. The first-order valence-corrected chi connectivity index (χ1v) is 7.66. The van der Waals surface area contributed by atoms with Crippen LogP contribution >= 0.6 is 11.6 Å². The molecular formula is C15H29ClN2. The molecule has 1 aliphatic heterocycles. The van der Waals surface area contributed by atoms with Crippen molar-refractivity contribution in [1.82, 2.24) is 10.2 Å². The Hall–Kier alpha value is -0.0500. The van der Waals surface area contributed by atoms with E-state index < -0.39 is 0 Å². The van der Waals surface area contributed by atoms with Crippen molar-refractivity contribution >= 4 is 11.6 Å². The minimum absolute atomic E-state index is 0.619. The van der Waals surface area contributed by atoms with Crippen molar-refractivity contribution in [2.24, 2.45) is 11.8 Å². The molecule has 1 saturated heterocycles. The van der Waals surface area contributed by atoms with Crippen LogP contribution < -0.4 is 5.32 Å². The molecule has 1 aliphatic rings. The number of rotatable bonds is 5. The molecule has 0 radical (unpaired) electrons. The average molecular weight is 273 g/mol. The quantitative estimate of drug-likeness (QED) is 0.824. The highest BCUT2D eigenvalue weighted by atomic mass is 35.5. The van der Waals surface area contributed by atoms with Gasteiger partial charge in [0.05, 0.1) is 0 Å². The fourth-order valence-corrected chi connectivity index (χ4v) is 2.78.